The average Bonchev–Trinajstić information content (AvgIpc) is 2.78. The first-order chi connectivity index (χ1) is 8.59. The Morgan fingerprint density at radius 2 is 2.33 bits per heavy atom. The molecule has 2 rings (SSSR count). The lowest BCUT2D eigenvalue weighted by atomic mass is 10.2. The van der Waals surface area contributed by atoms with Crippen LogP contribution < -0.4 is 0 Å². The highest BCUT2D eigenvalue weighted by Crippen LogP contribution is 2.21. The molecule has 0 amide bonds. The summed E-state index contributed by atoms with van der Waals surface area (Å²) in [6.07, 6.45) is 0. The third-order valence-electron chi connectivity index (χ3n) is 2.17. The molecular formula is C10H9FN4O2S. The van der Waals surface area contributed by atoms with Crippen molar-refractivity contribution >= 4 is 17.7 Å². The predicted molar refractivity (Wildman–Crippen MR) is 62.2 cm³/mol. The molecule has 18 heavy (non-hydrogen) atoms. The Morgan fingerprint density at radius 3 is 3.06 bits per heavy atom. The van der Waals surface area contributed by atoms with Crippen molar-refractivity contribution < 1.29 is 14.3 Å². The largest absolute Gasteiger partial charge is 0.481 e. The van der Waals surface area contributed by atoms with E-state index >= 15 is 0 Å². The maximum Gasteiger partial charge on any atom is 0.313 e. The number of carboxylic acids is 1. The molecule has 0 unspecified atom stereocenters. The summed E-state index contributed by atoms with van der Waals surface area (Å²) in [6.45, 7) is 1.63. The summed E-state index contributed by atoms with van der Waals surface area (Å²) < 4.78 is 15.1. The number of rotatable bonds is 4. The fraction of sp³-hybridized carbons (Fsp3) is 0.200. The first-order valence-corrected chi connectivity index (χ1v) is 5.96. The minimum atomic E-state index is -0.987. The first kappa shape index (κ1) is 12.5. The van der Waals surface area contributed by atoms with E-state index in [1.165, 1.54) is 10.7 Å². The lowest BCUT2D eigenvalue weighted by molar-refractivity contribution is -0.133. The van der Waals surface area contributed by atoms with Crippen LogP contribution in [0, 0.1) is 12.7 Å². The van der Waals surface area contributed by atoms with E-state index in [0.29, 0.717) is 5.56 Å². The number of aromatic nitrogens is 4. The summed E-state index contributed by atoms with van der Waals surface area (Å²) in [5.41, 5.74) is 0.671. The van der Waals surface area contributed by atoms with Crippen LogP contribution in [0.5, 0.6) is 0 Å². The fourth-order valence-corrected chi connectivity index (χ4v) is 1.95. The van der Waals surface area contributed by atoms with Crippen molar-refractivity contribution in [2.75, 3.05) is 5.75 Å². The highest BCUT2D eigenvalue weighted by atomic mass is 32.2. The second-order valence-electron chi connectivity index (χ2n) is 3.46. The van der Waals surface area contributed by atoms with Gasteiger partial charge in [0.15, 0.2) is 5.82 Å². The molecule has 0 fully saturated rings. The number of benzene rings is 1. The molecule has 1 N–H and O–H groups in total. The van der Waals surface area contributed by atoms with E-state index in [-0.39, 0.29) is 16.6 Å². The van der Waals surface area contributed by atoms with Crippen LogP contribution in [-0.4, -0.2) is 37.0 Å². The molecule has 0 atom stereocenters. The zero-order valence-electron chi connectivity index (χ0n) is 9.37. The van der Waals surface area contributed by atoms with Crippen molar-refractivity contribution in [3.63, 3.8) is 0 Å². The Kier molecular flexibility index (Phi) is 3.56. The van der Waals surface area contributed by atoms with E-state index in [0.717, 1.165) is 11.8 Å². The van der Waals surface area contributed by atoms with Crippen LogP contribution in [0.15, 0.2) is 23.4 Å². The van der Waals surface area contributed by atoms with Gasteiger partial charge in [-0.2, -0.15) is 4.68 Å². The molecule has 0 radical (unpaired) electrons. The Hall–Kier alpha value is -1.96. The molecule has 0 aliphatic carbocycles. The lowest BCUT2D eigenvalue weighted by Gasteiger charge is -2.06. The lowest BCUT2D eigenvalue weighted by Crippen LogP contribution is -2.05. The summed E-state index contributed by atoms with van der Waals surface area (Å²) in [6, 6.07) is 4.85. The van der Waals surface area contributed by atoms with E-state index in [1.807, 2.05) is 0 Å². The molecule has 6 nitrogen and oxygen atoms in total. The molecule has 0 saturated heterocycles. The first-order valence-electron chi connectivity index (χ1n) is 4.98. The van der Waals surface area contributed by atoms with Gasteiger partial charge < -0.3 is 5.11 Å². The number of carboxylic acid groups (broad SMARTS) is 1. The highest BCUT2D eigenvalue weighted by Gasteiger charge is 2.14. The molecule has 0 bridgehead atoms. The number of halogens is 1. The van der Waals surface area contributed by atoms with Crippen molar-refractivity contribution in [2.24, 2.45) is 0 Å². The van der Waals surface area contributed by atoms with Crippen LogP contribution in [0.1, 0.15) is 5.56 Å². The maximum absolute atomic E-state index is 13.9. The minimum Gasteiger partial charge on any atom is -0.481 e. The van der Waals surface area contributed by atoms with Gasteiger partial charge in [0.25, 0.3) is 0 Å². The van der Waals surface area contributed by atoms with Crippen molar-refractivity contribution in [1.29, 1.82) is 0 Å². The molecule has 0 aliphatic heterocycles. The van der Waals surface area contributed by atoms with Gasteiger partial charge in [-0.05, 0) is 29.0 Å². The summed E-state index contributed by atoms with van der Waals surface area (Å²) in [5.74, 6) is -1.60. The Balaban J connectivity index is 2.36. The van der Waals surface area contributed by atoms with E-state index in [9.17, 15) is 9.18 Å². The van der Waals surface area contributed by atoms with Gasteiger partial charge in [-0.1, -0.05) is 23.9 Å². The molecular weight excluding hydrogens is 259 g/mol. The molecule has 1 aromatic heterocycles. The van der Waals surface area contributed by atoms with Crippen molar-refractivity contribution in [2.45, 2.75) is 12.1 Å². The van der Waals surface area contributed by atoms with Gasteiger partial charge in [0.05, 0.1) is 5.75 Å². The third-order valence-corrected chi connectivity index (χ3v) is 3.07. The summed E-state index contributed by atoms with van der Waals surface area (Å²) in [5, 5.41) is 19.6. The number of aryl methyl sites for hydroxylation is 1. The van der Waals surface area contributed by atoms with Crippen molar-refractivity contribution in [3.8, 4) is 5.69 Å². The molecule has 0 aliphatic rings. The summed E-state index contributed by atoms with van der Waals surface area (Å²) in [4.78, 5) is 10.5. The highest BCUT2D eigenvalue weighted by molar-refractivity contribution is 7.99. The molecule has 1 heterocycles. The Labute approximate surface area is 106 Å². The zero-order chi connectivity index (χ0) is 13.1. The van der Waals surface area contributed by atoms with E-state index in [1.54, 1.807) is 19.1 Å². The fourth-order valence-electron chi connectivity index (χ4n) is 1.34. The van der Waals surface area contributed by atoms with E-state index in [4.69, 9.17) is 5.11 Å². The standard InChI is InChI=1S/C10H9FN4O2S/c1-6-3-2-4-7(9(6)11)15-10(12-13-14-15)18-5-8(16)17/h2-4H,5H2,1H3,(H,16,17). The van der Waals surface area contributed by atoms with Crippen LogP contribution in [0.4, 0.5) is 4.39 Å². The maximum atomic E-state index is 13.9. The normalized spacial score (nSPS) is 10.6. The molecule has 94 valence electrons. The molecule has 0 spiro atoms. The average molecular weight is 268 g/mol. The summed E-state index contributed by atoms with van der Waals surface area (Å²) >= 11 is 0.932. The van der Waals surface area contributed by atoms with Crippen molar-refractivity contribution in [3.05, 3.63) is 29.6 Å². The monoisotopic (exact) mass is 268 g/mol. The minimum absolute atomic E-state index is 0.187. The number of nitrogens with zero attached hydrogens (tertiary/aromatic N) is 4. The van der Waals surface area contributed by atoms with Gasteiger partial charge in [0, 0.05) is 0 Å². The van der Waals surface area contributed by atoms with Gasteiger partial charge in [0.1, 0.15) is 5.69 Å². The van der Waals surface area contributed by atoms with Crippen LogP contribution in [0.3, 0.4) is 0 Å². The second-order valence-corrected chi connectivity index (χ2v) is 4.41. The predicted octanol–water partition coefficient (Wildman–Crippen LogP) is 1.29. The summed E-state index contributed by atoms with van der Waals surface area (Å²) in [7, 11) is 0. The van der Waals surface area contributed by atoms with E-state index < -0.39 is 11.8 Å². The molecule has 0 saturated carbocycles. The number of aliphatic carboxylic acids is 1. The Bertz CT molecular complexity index is 587. The number of hydrogen-bond acceptors (Lipinski definition) is 5. The van der Waals surface area contributed by atoms with Gasteiger partial charge in [-0.15, -0.1) is 5.10 Å². The quantitative estimate of drug-likeness (QED) is 0.841. The number of thioether (sulfide) groups is 1. The molecule has 8 heteroatoms. The smallest absolute Gasteiger partial charge is 0.313 e. The Morgan fingerprint density at radius 1 is 1.56 bits per heavy atom. The molecule has 1 aromatic carbocycles. The molecule has 2 aromatic rings. The van der Waals surface area contributed by atoms with Gasteiger partial charge in [0.2, 0.25) is 5.16 Å². The number of tetrazole rings is 1. The second kappa shape index (κ2) is 5.13. The third kappa shape index (κ3) is 2.48. The van der Waals surface area contributed by atoms with Crippen LogP contribution in [0.2, 0.25) is 0 Å². The SMILES string of the molecule is Cc1cccc(-n2nnnc2SCC(=O)O)c1F. The topological polar surface area (TPSA) is 80.9 Å². The van der Waals surface area contributed by atoms with Crippen LogP contribution >= 0.6 is 11.8 Å². The van der Waals surface area contributed by atoms with Crippen molar-refractivity contribution in [1.82, 2.24) is 20.2 Å². The van der Waals surface area contributed by atoms with E-state index in [2.05, 4.69) is 15.5 Å². The zero-order valence-corrected chi connectivity index (χ0v) is 10.2. The number of carbonyl (C=O) groups is 1. The van der Waals surface area contributed by atoms with Gasteiger partial charge in [-0.3, -0.25) is 4.79 Å². The van der Waals surface area contributed by atoms with Gasteiger partial charge in [-0.25, -0.2) is 4.39 Å². The van der Waals surface area contributed by atoms with Crippen LogP contribution in [0.25, 0.3) is 5.69 Å². The van der Waals surface area contributed by atoms with Crippen LogP contribution in [-0.2, 0) is 4.79 Å². The number of hydrogen-bond donors (Lipinski definition) is 1. The van der Waals surface area contributed by atoms with Gasteiger partial charge >= 0.3 is 5.97 Å².